The van der Waals surface area contributed by atoms with E-state index in [0.717, 1.165) is 49.7 Å². The molecular formula is C40H26N3PS. The molecule has 0 aliphatic heterocycles. The lowest BCUT2D eigenvalue weighted by molar-refractivity contribution is 1.31. The maximum absolute atomic E-state index is 6.58. The number of imidazole rings is 1. The smallest absolute Gasteiger partial charge is 0.146 e. The first kappa shape index (κ1) is 26.3. The van der Waals surface area contributed by atoms with Crippen molar-refractivity contribution in [2.75, 3.05) is 0 Å². The summed E-state index contributed by atoms with van der Waals surface area (Å²) in [5.41, 5.74) is 7.10. The summed E-state index contributed by atoms with van der Waals surface area (Å²) in [5, 5.41) is 8.24. The zero-order valence-corrected chi connectivity index (χ0v) is 25.9. The first-order chi connectivity index (χ1) is 22.2. The third kappa shape index (κ3) is 4.07. The molecule has 5 heteroatoms. The molecule has 0 radical (unpaired) electrons. The van der Waals surface area contributed by atoms with E-state index in [4.69, 9.17) is 21.8 Å². The summed E-state index contributed by atoms with van der Waals surface area (Å²) in [6.45, 7) is 0. The zero-order valence-electron chi connectivity index (χ0n) is 24.2. The molecule has 0 aliphatic rings. The lowest BCUT2D eigenvalue weighted by Gasteiger charge is -2.24. The van der Waals surface area contributed by atoms with Crippen LogP contribution in [0.4, 0.5) is 0 Å². The van der Waals surface area contributed by atoms with Crippen LogP contribution in [0.1, 0.15) is 0 Å². The molecule has 0 unspecified atom stereocenters. The Kier molecular flexibility index (Phi) is 5.96. The van der Waals surface area contributed by atoms with Gasteiger partial charge in [0.1, 0.15) is 5.65 Å². The van der Waals surface area contributed by atoms with Crippen molar-refractivity contribution in [1.29, 1.82) is 0 Å². The molecule has 0 bridgehead atoms. The Balaban J connectivity index is 1.17. The van der Waals surface area contributed by atoms with E-state index < -0.39 is 6.04 Å². The number of fused-ring (bicyclic) bond motifs is 9. The van der Waals surface area contributed by atoms with E-state index in [1.54, 1.807) is 0 Å². The van der Waals surface area contributed by atoms with E-state index in [1.807, 2.05) is 12.1 Å². The molecule has 0 fully saturated rings. The van der Waals surface area contributed by atoms with Gasteiger partial charge in [-0.15, -0.1) is 0 Å². The Bertz CT molecular complexity index is 2580. The Morgan fingerprint density at radius 1 is 0.467 bits per heavy atom. The number of rotatable bonds is 4. The van der Waals surface area contributed by atoms with Crippen LogP contribution in [-0.2, 0) is 11.8 Å². The average Bonchev–Trinajstić information content (AvgIpc) is 3.51. The second-order valence-corrected chi connectivity index (χ2v) is 15.8. The van der Waals surface area contributed by atoms with Gasteiger partial charge < -0.3 is 0 Å². The fourth-order valence-corrected chi connectivity index (χ4v) is 10.4. The summed E-state index contributed by atoms with van der Waals surface area (Å²) in [4.78, 5) is 10.3. The third-order valence-electron chi connectivity index (χ3n) is 8.83. The summed E-state index contributed by atoms with van der Waals surface area (Å²) < 4.78 is 2.29. The molecule has 3 nitrogen and oxygen atoms in total. The zero-order chi connectivity index (χ0) is 30.0. The predicted octanol–water partition coefficient (Wildman–Crippen LogP) is 8.76. The fourth-order valence-electron chi connectivity index (χ4n) is 6.67. The second-order valence-electron chi connectivity index (χ2n) is 11.4. The Hall–Kier alpha value is -5.15. The molecular weight excluding hydrogens is 586 g/mol. The summed E-state index contributed by atoms with van der Waals surface area (Å²) >= 11 is 6.58. The normalized spacial score (nSPS) is 12.1. The van der Waals surface area contributed by atoms with E-state index in [0.29, 0.717) is 0 Å². The molecule has 0 N–H and O–H groups in total. The monoisotopic (exact) mass is 611 g/mol. The van der Waals surface area contributed by atoms with Crippen LogP contribution in [0.3, 0.4) is 0 Å². The molecule has 0 amide bonds. The molecule has 45 heavy (non-hydrogen) atoms. The molecule has 9 aromatic rings. The third-order valence-corrected chi connectivity index (χ3v) is 13.8. The van der Waals surface area contributed by atoms with Crippen molar-refractivity contribution in [3.05, 3.63) is 158 Å². The predicted molar refractivity (Wildman–Crippen MR) is 195 cm³/mol. The van der Waals surface area contributed by atoms with Crippen LogP contribution in [0, 0.1) is 0 Å². The first-order valence-corrected chi connectivity index (χ1v) is 17.8. The van der Waals surface area contributed by atoms with Gasteiger partial charge >= 0.3 is 0 Å². The van der Waals surface area contributed by atoms with Crippen LogP contribution in [0.25, 0.3) is 60.5 Å². The summed E-state index contributed by atoms with van der Waals surface area (Å²) in [6, 6.07) is 53.3. The van der Waals surface area contributed by atoms with Crippen LogP contribution in [0.5, 0.6) is 0 Å². The van der Waals surface area contributed by atoms with Crippen molar-refractivity contribution in [2.24, 2.45) is 0 Å². The quantitative estimate of drug-likeness (QED) is 0.147. The summed E-state index contributed by atoms with van der Waals surface area (Å²) in [5.74, 6) is 0. The Labute approximate surface area is 265 Å². The van der Waals surface area contributed by atoms with Gasteiger partial charge in [-0.2, -0.15) is 0 Å². The highest BCUT2D eigenvalue weighted by molar-refractivity contribution is 8.25. The highest BCUT2D eigenvalue weighted by atomic mass is 32.4. The molecule has 9 rings (SSSR count). The molecule has 6 aromatic carbocycles. The maximum Gasteiger partial charge on any atom is 0.146 e. The number of para-hydroxylation sites is 1. The van der Waals surface area contributed by atoms with E-state index >= 15 is 0 Å². The minimum absolute atomic E-state index is 0.925. The van der Waals surface area contributed by atoms with Crippen molar-refractivity contribution < 1.29 is 0 Å². The largest absolute Gasteiger partial charge is 0.292 e. The van der Waals surface area contributed by atoms with Gasteiger partial charge in [0.05, 0.1) is 27.8 Å². The number of nitrogens with zero attached hydrogens (tertiary/aromatic N) is 3. The number of hydrogen-bond acceptors (Lipinski definition) is 3. The number of benzene rings is 6. The van der Waals surface area contributed by atoms with Gasteiger partial charge in [0.25, 0.3) is 0 Å². The van der Waals surface area contributed by atoms with E-state index in [-0.39, 0.29) is 0 Å². The highest BCUT2D eigenvalue weighted by Gasteiger charge is 2.25. The van der Waals surface area contributed by atoms with Gasteiger partial charge in [-0.05, 0) is 57.7 Å². The lowest BCUT2D eigenvalue weighted by Crippen LogP contribution is -2.24. The molecule has 0 saturated carbocycles. The van der Waals surface area contributed by atoms with Gasteiger partial charge in [0.2, 0.25) is 0 Å². The lowest BCUT2D eigenvalue weighted by atomic mass is 10.1. The van der Waals surface area contributed by atoms with E-state index in [9.17, 15) is 0 Å². The van der Waals surface area contributed by atoms with Crippen LogP contribution in [0.2, 0.25) is 0 Å². The SMILES string of the molecule is S=P(c1ccccc1)(c1ccccc1)c1ccc2nc(-c3ccc4c(c3)nc3c5ccccc5c5ccccc5n43)ccc2c1. The molecule has 0 atom stereocenters. The van der Waals surface area contributed by atoms with Crippen LogP contribution >= 0.6 is 6.04 Å². The minimum Gasteiger partial charge on any atom is -0.292 e. The standard InChI is InChI=1S/C40H26N3PS/c45-44(29-11-3-1-4-12-29,30-13-5-2-6-14-30)31-21-23-36-27(25-31)19-22-35(41-36)28-20-24-39-37(26-28)42-40-34-17-8-7-15-32(34)33-16-9-10-18-38(33)43(39)40/h1-26H. The van der Waals surface area contributed by atoms with Gasteiger partial charge in [-0.1, -0.05) is 133 Å². The van der Waals surface area contributed by atoms with Crippen LogP contribution in [-0.4, -0.2) is 14.4 Å². The molecule has 0 saturated heterocycles. The molecule has 3 heterocycles. The Morgan fingerprint density at radius 3 is 1.89 bits per heavy atom. The average molecular weight is 612 g/mol. The first-order valence-electron chi connectivity index (χ1n) is 15.0. The van der Waals surface area contributed by atoms with Crippen molar-refractivity contribution in [1.82, 2.24) is 14.4 Å². The molecule has 212 valence electrons. The number of aromatic nitrogens is 3. The molecule has 0 aliphatic carbocycles. The number of hydrogen-bond donors (Lipinski definition) is 0. The van der Waals surface area contributed by atoms with Crippen LogP contribution in [0.15, 0.2) is 158 Å². The van der Waals surface area contributed by atoms with Gasteiger partial charge in [0, 0.05) is 27.8 Å². The molecule has 3 aromatic heterocycles. The minimum atomic E-state index is -2.23. The van der Waals surface area contributed by atoms with E-state index in [2.05, 4.69) is 150 Å². The van der Waals surface area contributed by atoms with Crippen molar-refractivity contribution >= 4 is 83.0 Å². The highest BCUT2D eigenvalue weighted by Crippen LogP contribution is 2.43. The maximum atomic E-state index is 6.58. The Morgan fingerprint density at radius 2 is 1.13 bits per heavy atom. The topological polar surface area (TPSA) is 30.2 Å². The van der Waals surface area contributed by atoms with E-state index in [1.165, 1.54) is 26.7 Å². The number of pyridine rings is 2. The molecule has 0 spiro atoms. The van der Waals surface area contributed by atoms with Crippen LogP contribution < -0.4 is 15.9 Å². The fraction of sp³-hybridized carbons (Fsp3) is 0. The second kappa shape index (κ2) is 10.2. The van der Waals surface area contributed by atoms with Crippen molar-refractivity contribution in [2.45, 2.75) is 0 Å². The van der Waals surface area contributed by atoms with Gasteiger partial charge in [-0.3, -0.25) is 4.40 Å². The summed E-state index contributed by atoms with van der Waals surface area (Å²) in [7, 11) is 0. The summed E-state index contributed by atoms with van der Waals surface area (Å²) in [6.07, 6.45) is 0. The van der Waals surface area contributed by atoms with Gasteiger partial charge in [0.15, 0.2) is 0 Å². The van der Waals surface area contributed by atoms with Crippen molar-refractivity contribution in [3.8, 4) is 11.3 Å². The van der Waals surface area contributed by atoms with Crippen molar-refractivity contribution in [3.63, 3.8) is 0 Å². The van der Waals surface area contributed by atoms with Gasteiger partial charge in [-0.25, -0.2) is 9.97 Å².